The van der Waals surface area contributed by atoms with Gasteiger partial charge in [0.05, 0.1) is 23.6 Å². The van der Waals surface area contributed by atoms with Crippen molar-refractivity contribution < 1.29 is 11.3 Å². The second-order valence-electron chi connectivity index (χ2n) is 17.4. The van der Waals surface area contributed by atoms with Crippen LogP contribution in [0.25, 0.3) is 60.6 Å². The zero-order valence-electron chi connectivity index (χ0n) is 43.4. The quantitative estimate of drug-likeness (QED) is 0.129. The molecule has 0 amide bonds. The van der Waals surface area contributed by atoms with Gasteiger partial charge in [-0.3, -0.25) is 0 Å². The molecule has 2 aromatic heterocycles. The molecule has 0 aliphatic rings. The van der Waals surface area contributed by atoms with Crippen molar-refractivity contribution in [3.63, 3.8) is 0 Å². The van der Waals surface area contributed by atoms with Crippen molar-refractivity contribution in [3.05, 3.63) is 279 Å². The lowest BCUT2D eigenvalue weighted by Gasteiger charge is -2.30. The fourth-order valence-corrected chi connectivity index (χ4v) is 10.1. The van der Waals surface area contributed by atoms with E-state index in [1.165, 1.54) is 0 Å². The number of benzene rings is 11. The fraction of sp³-hybridized carbons (Fsp3) is 0. The molecule has 13 aromatic rings. The van der Waals surface area contributed by atoms with Crippen LogP contribution in [0.5, 0.6) is 0 Å². The van der Waals surface area contributed by atoms with Gasteiger partial charge < -0.3 is 23.7 Å². The molecule has 0 atom stereocenters. The molecule has 0 aliphatic heterocycles. The molecule has 0 spiro atoms. The molecule has 5 nitrogen and oxygen atoms in total. The van der Waals surface area contributed by atoms with Gasteiger partial charge in [-0.1, -0.05) is 158 Å². The van der Waals surface area contributed by atoms with Crippen LogP contribution >= 0.6 is 0 Å². The number of anilines is 9. The van der Waals surface area contributed by atoms with Crippen molar-refractivity contribution in [1.82, 2.24) is 4.57 Å². The molecule has 0 saturated heterocycles. The van der Waals surface area contributed by atoms with Crippen molar-refractivity contribution in [2.24, 2.45) is 0 Å². The lowest BCUT2D eigenvalue weighted by molar-refractivity contribution is 0.669. The lowest BCUT2D eigenvalue weighted by Crippen LogP contribution is -2.13. The Morgan fingerprint density at radius 2 is 0.803 bits per heavy atom. The Hall–Kier alpha value is -9.58. The Balaban J connectivity index is 1.08. The van der Waals surface area contributed by atoms with Crippen LogP contribution in [0.1, 0.15) is 6.85 Å². The first-order valence-corrected chi connectivity index (χ1v) is 23.7. The predicted octanol–water partition coefficient (Wildman–Crippen LogP) is 18.8. The van der Waals surface area contributed by atoms with Crippen molar-refractivity contribution in [1.29, 1.82) is 0 Å². The maximum absolute atomic E-state index is 9.48. The highest BCUT2D eigenvalue weighted by Crippen LogP contribution is 2.47. The summed E-state index contributed by atoms with van der Waals surface area (Å²) >= 11 is 0. The molecule has 2 heterocycles. The smallest absolute Gasteiger partial charge is 0.159 e. The van der Waals surface area contributed by atoms with Gasteiger partial charge in [0.2, 0.25) is 0 Å². The molecule has 0 fully saturated rings. The summed E-state index contributed by atoms with van der Waals surface area (Å²) in [7, 11) is 0. The van der Waals surface area contributed by atoms with Gasteiger partial charge in [-0.2, -0.15) is 0 Å². The van der Waals surface area contributed by atoms with E-state index in [9.17, 15) is 2.74 Å². The van der Waals surface area contributed by atoms with Crippen molar-refractivity contribution in [3.8, 4) is 16.8 Å². The molecule has 0 unspecified atom stereocenters. The number of hydrogen-bond donors (Lipinski definition) is 0. The molecule has 13 rings (SSSR count). The molecule has 11 aromatic carbocycles. The maximum atomic E-state index is 9.48. The second kappa shape index (κ2) is 17.8. The van der Waals surface area contributed by atoms with Gasteiger partial charge in [-0.25, -0.2) is 0 Å². The lowest BCUT2D eigenvalue weighted by atomic mass is 10.00. The Morgan fingerprint density at radius 3 is 1.37 bits per heavy atom. The number of rotatable bonds is 11. The molecule has 0 N–H and O–H groups in total. The summed E-state index contributed by atoms with van der Waals surface area (Å²) in [6, 6.07) is 82.9. The highest BCUT2D eigenvalue weighted by Gasteiger charge is 2.23. The van der Waals surface area contributed by atoms with Crippen LogP contribution in [0, 0.1) is 0 Å². The van der Waals surface area contributed by atoms with Gasteiger partial charge >= 0.3 is 0 Å². The van der Waals surface area contributed by atoms with Gasteiger partial charge in [0.25, 0.3) is 0 Å². The van der Waals surface area contributed by atoms with E-state index < -0.39 is 18.1 Å². The number of aromatic nitrogens is 1. The summed E-state index contributed by atoms with van der Waals surface area (Å²) in [4.78, 5) is 6.67. The van der Waals surface area contributed by atoms with E-state index in [0.29, 0.717) is 11.0 Å². The molecule has 336 valence electrons. The third kappa shape index (κ3) is 7.54. The molecule has 71 heavy (non-hydrogen) atoms. The molecule has 0 radical (unpaired) electrons. The van der Waals surface area contributed by atoms with Gasteiger partial charge in [0, 0.05) is 72.7 Å². The van der Waals surface area contributed by atoms with Crippen LogP contribution in [0.4, 0.5) is 51.2 Å². The van der Waals surface area contributed by atoms with Gasteiger partial charge in [0.1, 0.15) is 5.58 Å². The highest BCUT2D eigenvalue weighted by molar-refractivity contribution is 6.13. The summed E-state index contributed by atoms with van der Waals surface area (Å²) < 4.78 is 54.0. The summed E-state index contributed by atoms with van der Waals surface area (Å²) in [6.45, 7) is 0. The molecular weight excluding hydrogens is 865 g/mol. The van der Waals surface area contributed by atoms with Gasteiger partial charge in [-0.15, -0.1) is 0 Å². The van der Waals surface area contributed by atoms with Crippen LogP contribution in [0.15, 0.2) is 283 Å². The second-order valence-corrected chi connectivity index (χ2v) is 17.4. The molecule has 0 bridgehead atoms. The van der Waals surface area contributed by atoms with Crippen LogP contribution in [-0.4, -0.2) is 4.57 Å². The van der Waals surface area contributed by atoms with Crippen LogP contribution in [0.3, 0.4) is 0 Å². The Bertz CT molecular complexity index is 4090. The van der Waals surface area contributed by atoms with E-state index in [1.54, 1.807) is 0 Å². The Labute approximate surface area is 419 Å². The van der Waals surface area contributed by atoms with Crippen molar-refractivity contribution >= 4 is 94.9 Å². The molecule has 0 aliphatic carbocycles. The molecule has 0 saturated carbocycles. The number of para-hydroxylation sites is 8. The van der Waals surface area contributed by atoms with Gasteiger partial charge in [-0.05, 0) is 132 Å². The number of nitrogens with zero attached hydrogens (tertiary/aromatic N) is 4. The number of furan rings is 1. The van der Waals surface area contributed by atoms with Crippen molar-refractivity contribution in [2.45, 2.75) is 0 Å². The predicted molar refractivity (Wildman–Crippen MR) is 298 cm³/mol. The Kier molecular flexibility index (Phi) is 9.15. The van der Waals surface area contributed by atoms with E-state index in [2.05, 4.69) is 148 Å². The summed E-state index contributed by atoms with van der Waals surface area (Å²) in [5.74, 6) is 0. The van der Waals surface area contributed by atoms with Crippen LogP contribution in [0.2, 0.25) is 0 Å². The molecular formula is C66H46N4O. The number of fused-ring (bicyclic) bond motifs is 6. The fourth-order valence-electron chi connectivity index (χ4n) is 10.1. The first kappa shape index (κ1) is 36.5. The third-order valence-corrected chi connectivity index (χ3v) is 13.2. The van der Waals surface area contributed by atoms with E-state index >= 15 is 0 Å². The van der Waals surface area contributed by atoms with Crippen LogP contribution in [-0.2, 0) is 0 Å². The van der Waals surface area contributed by atoms with E-state index in [-0.39, 0.29) is 17.8 Å². The van der Waals surface area contributed by atoms with E-state index in [1.807, 2.05) is 120 Å². The minimum Gasteiger partial charge on any atom is -0.454 e. The maximum Gasteiger partial charge on any atom is 0.159 e. The first-order chi connectivity index (χ1) is 37.3. The number of hydrogen-bond acceptors (Lipinski definition) is 4. The van der Waals surface area contributed by atoms with Crippen molar-refractivity contribution in [2.75, 3.05) is 14.7 Å². The summed E-state index contributed by atoms with van der Waals surface area (Å²) in [5, 5.41) is 3.69. The first-order valence-electron chi connectivity index (χ1n) is 26.2. The average Bonchev–Trinajstić information content (AvgIpc) is 4.02. The monoisotopic (exact) mass is 915 g/mol. The Morgan fingerprint density at radius 1 is 0.324 bits per heavy atom. The summed E-state index contributed by atoms with van der Waals surface area (Å²) in [5.41, 5.74) is 12.9. The van der Waals surface area contributed by atoms with E-state index in [4.69, 9.17) is 8.53 Å². The van der Waals surface area contributed by atoms with E-state index in [0.717, 1.165) is 95.0 Å². The highest BCUT2D eigenvalue weighted by atomic mass is 16.3. The normalized spacial score (nSPS) is 12.4. The third-order valence-electron chi connectivity index (χ3n) is 13.2. The minimum absolute atomic E-state index is 0.0547. The minimum atomic E-state index is -0.456. The zero-order chi connectivity index (χ0) is 51.4. The standard InChI is InChI=1S/C66H46N4O/c1-7-22-49(23-8-1)67(50-24-9-2-10-25-50)56-42-48(43-57(45-56)68(51-26-11-3-12-27-51)52-28-13-4-14-29-52)47-38-40-58-59-41-39-55(46-64(59)70(63(58)44-47)54-32-17-6-18-33-54)69(53-30-15-5-16-31-53)62-36-21-35-61-60-34-19-20-37-65(60)71-66(61)62/h1-46H/i6D,17D,18D,32D,33D. The SMILES string of the molecule is [2H]c1c([2H])c([2H])c(-n2c3cc(-c4cc(N(c5ccccc5)c5ccccc5)cc(N(c5ccccc5)c5ccccc5)c4)ccc3c3ccc(N(c4ccccc4)c4cccc5c4oc4ccccc45)cc32)c([2H])c1[2H]. The average molecular weight is 916 g/mol. The molecule has 5 heteroatoms. The van der Waals surface area contributed by atoms with Gasteiger partial charge in [0.15, 0.2) is 5.58 Å². The largest absolute Gasteiger partial charge is 0.454 e. The summed E-state index contributed by atoms with van der Waals surface area (Å²) in [6.07, 6.45) is 0. The van der Waals surface area contributed by atoms with Crippen LogP contribution < -0.4 is 14.7 Å². The topological polar surface area (TPSA) is 27.8 Å². The zero-order valence-corrected chi connectivity index (χ0v) is 38.4.